The van der Waals surface area contributed by atoms with Gasteiger partial charge in [0.2, 0.25) is 5.88 Å². The average Bonchev–Trinajstić information content (AvgIpc) is 2.62. The Morgan fingerprint density at radius 2 is 1.77 bits per heavy atom. The fraction of sp³-hybridized carbons (Fsp3) is 0.250. The molecule has 0 amide bonds. The third-order valence-corrected chi connectivity index (χ3v) is 3.49. The third kappa shape index (κ3) is 4.69. The summed E-state index contributed by atoms with van der Waals surface area (Å²) in [5, 5.41) is 6.66. The van der Waals surface area contributed by atoms with E-state index in [1.54, 1.807) is 6.20 Å². The number of nitrogens with one attached hydrogen (secondary N) is 2. The Morgan fingerprint density at radius 3 is 2.50 bits per heavy atom. The number of ether oxygens (including phenoxy) is 1. The predicted molar refractivity (Wildman–Crippen MR) is 105 cm³/mol. The molecule has 134 valence electrons. The molecule has 0 aliphatic carbocycles. The normalized spacial score (nSPS) is 10.6. The van der Waals surface area contributed by atoms with Gasteiger partial charge >= 0.3 is 0 Å². The number of rotatable bonds is 7. The Morgan fingerprint density at radius 1 is 1.00 bits per heavy atom. The van der Waals surface area contributed by atoms with Crippen LogP contribution >= 0.6 is 0 Å². The van der Waals surface area contributed by atoms with Crippen LogP contribution in [0.5, 0.6) is 5.88 Å². The van der Waals surface area contributed by atoms with Gasteiger partial charge in [0.1, 0.15) is 11.6 Å². The number of benzene rings is 1. The highest BCUT2D eigenvalue weighted by molar-refractivity contribution is 5.65. The fourth-order valence-corrected chi connectivity index (χ4v) is 2.46. The fourth-order valence-electron chi connectivity index (χ4n) is 2.46. The van der Waals surface area contributed by atoms with Crippen LogP contribution in [0.25, 0.3) is 11.4 Å². The highest BCUT2D eigenvalue weighted by Crippen LogP contribution is 2.24. The van der Waals surface area contributed by atoms with Crippen LogP contribution in [-0.2, 0) is 0 Å². The summed E-state index contributed by atoms with van der Waals surface area (Å²) in [6.07, 6.45) is 1.71. The van der Waals surface area contributed by atoms with E-state index in [1.807, 2.05) is 55.5 Å². The summed E-state index contributed by atoms with van der Waals surface area (Å²) in [7, 11) is 0. The zero-order valence-corrected chi connectivity index (χ0v) is 15.2. The maximum atomic E-state index is 5.46. The molecule has 0 aliphatic rings. The van der Waals surface area contributed by atoms with Gasteiger partial charge in [-0.3, -0.25) is 0 Å². The SMILES string of the molecule is CCOc1cc(Nc2cc(NC(C)C)nc(-c3ccccc3)n2)ccn1. The Labute approximate surface area is 153 Å². The molecule has 0 spiro atoms. The molecule has 2 N–H and O–H groups in total. The van der Waals surface area contributed by atoms with Crippen molar-refractivity contribution in [3.63, 3.8) is 0 Å². The van der Waals surface area contributed by atoms with Crippen LogP contribution in [0.2, 0.25) is 0 Å². The molecule has 6 nitrogen and oxygen atoms in total. The zero-order chi connectivity index (χ0) is 18.4. The number of aromatic nitrogens is 3. The molecule has 2 heterocycles. The molecule has 2 aromatic heterocycles. The van der Waals surface area contributed by atoms with Crippen molar-refractivity contribution >= 4 is 17.3 Å². The molecule has 0 radical (unpaired) electrons. The van der Waals surface area contributed by atoms with Crippen LogP contribution in [0.1, 0.15) is 20.8 Å². The molecule has 26 heavy (non-hydrogen) atoms. The van der Waals surface area contributed by atoms with Gasteiger partial charge in [0.25, 0.3) is 0 Å². The number of anilines is 3. The monoisotopic (exact) mass is 349 g/mol. The Balaban J connectivity index is 1.94. The van der Waals surface area contributed by atoms with Crippen molar-refractivity contribution in [2.75, 3.05) is 17.2 Å². The summed E-state index contributed by atoms with van der Waals surface area (Å²) in [5.74, 6) is 2.72. The lowest BCUT2D eigenvalue weighted by Gasteiger charge is -2.13. The van der Waals surface area contributed by atoms with Gasteiger partial charge in [0.15, 0.2) is 5.82 Å². The molecular formula is C20H23N5O. The van der Waals surface area contributed by atoms with Crippen molar-refractivity contribution in [1.29, 1.82) is 0 Å². The first-order valence-corrected chi connectivity index (χ1v) is 8.71. The molecule has 1 aromatic carbocycles. The standard InChI is InChI=1S/C20H23N5O/c1-4-26-19-12-16(10-11-21-19)23-18-13-17(22-14(2)3)24-20(25-18)15-8-6-5-7-9-15/h5-14H,4H2,1-3H3,(H2,21,22,23,24,25). The smallest absolute Gasteiger partial charge is 0.215 e. The predicted octanol–water partition coefficient (Wildman–Crippen LogP) is 4.50. The van der Waals surface area contributed by atoms with Gasteiger partial charge in [0, 0.05) is 35.6 Å². The van der Waals surface area contributed by atoms with Crippen LogP contribution in [0.3, 0.4) is 0 Å². The van der Waals surface area contributed by atoms with E-state index in [4.69, 9.17) is 4.74 Å². The molecule has 0 bridgehead atoms. The minimum Gasteiger partial charge on any atom is -0.478 e. The summed E-state index contributed by atoms with van der Waals surface area (Å²) < 4.78 is 5.46. The van der Waals surface area contributed by atoms with Gasteiger partial charge in [-0.25, -0.2) is 15.0 Å². The first kappa shape index (κ1) is 17.7. The molecule has 0 saturated carbocycles. The second kappa shape index (κ2) is 8.29. The van der Waals surface area contributed by atoms with Crippen molar-refractivity contribution in [1.82, 2.24) is 15.0 Å². The van der Waals surface area contributed by atoms with Crippen molar-refractivity contribution in [2.24, 2.45) is 0 Å². The summed E-state index contributed by atoms with van der Waals surface area (Å²) in [6.45, 7) is 6.66. The van der Waals surface area contributed by atoms with E-state index in [0.717, 1.165) is 17.1 Å². The molecule has 0 unspecified atom stereocenters. The second-order valence-corrected chi connectivity index (χ2v) is 6.07. The molecule has 0 aliphatic heterocycles. The quantitative estimate of drug-likeness (QED) is 0.654. The highest BCUT2D eigenvalue weighted by atomic mass is 16.5. The maximum absolute atomic E-state index is 5.46. The minimum atomic E-state index is 0.270. The lowest BCUT2D eigenvalue weighted by Crippen LogP contribution is -2.12. The van der Waals surface area contributed by atoms with Crippen LogP contribution in [0, 0.1) is 0 Å². The van der Waals surface area contributed by atoms with Crippen LogP contribution < -0.4 is 15.4 Å². The van der Waals surface area contributed by atoms with Crippen molar-refractivity contribution in [3.8, 4) is 17.3 Å². The molecule has 0 saturated heterocycles. The lowest BCUT2D eigenvalue weighted by molar-refractivity contribution is 0.327. The van der Waals surface area contributed by atoms with E-state index in [-0.39, 0.29) is 6.04 Å². The largest absolute Gasteiger partial charge is 0.478 e. The number of nitrogens with zero attached hydrogens (tertiary/aromatic N) is 3. The second-order valence-electron chi connectivity index (χ2n) is 6.07. The number of hydrogen-bond acceptors (Lipinski definition) is 6. The molecule has 3 rings (SSSR count). The number of pyridine rings is 1. The van der Waals surface area contributed by atoms with E-state index in [1.165, 1.54) is 0 Å². The van der Waals surface area contributed by atoms with Crippen LogP contribution in [0.4, 0.5) is 17.3 Å². The third-order valence-electron chi connectivity index (χ3n) is 3.49. The van der Waals surface area contributed by atoms with Crippen molar-refractivity contribution < 1.29 is 4.74 Å². The average molecular weight is 349 g/mol. The van der Waals surface area contributed by atoms with E-state index >= 15 is 0 Å². The lowest BCUT2D eigenvalue weighted by atomic mass is 10.2. The topological polar surface area (TPSA) is 72.0 Å². The molecular weight excluding hydrogens is 326 g/mol. The molecule has 6 heteroatoms. The van der Waals surface area contributed by atoms with E-state index < -0.39 is 0 Å². The summed E-state index contributed by atoms with van der Waals surface area (Å²) >= 11 is 0. The molecule has 0 atom stereocenters. The Hall–Kier alpha value is -3.15. The van der Waals surface area contributed by atoms with Gasteiger partial charge in [-0.1, -0.05) is 30.3 Å². The highest BCUT2D eigenvalue weighted by Gasteiger charge is 2.09. The first-order chi connectivity index (χ1) is 12.6. The zero-order valence-electron chi connectivity index (χ0n) is 15.2. The van der Waals surface area contributed by atoms with Crippen molar-refractivity contribution in [3.05, 3.63) is 54.7 Å². The van der Waals surface area contributed by atoms with Crippen LogP contribution in [0.15, 0.2) is 54.7 Å². The van der Waals surface area contributed by atoms with Gasteiger partial charge in [-0.15, -0.1) is 0 Å². The van der Waals surface area contributed by atoms with Crippen molar-refractivity contribution in [2.45, 2.75) is 26.8 Å². The van der Waals surface area contributed by atoms with E-state index in [0.29, 0.717) is 24.1 Å². The Bertz CT molecular complexity index is 852. The van der Waals surface area contributed by atoms with Gasteiger partial charge in [0.05, 0.1) is 6.61 Å². The maximum Gasteiger partial charge on any atom is 0.215 e. The molecule has 0 fully saturated rings. The van der Waals surface area contributed by atoms with Gasteiger partial charge in [-0.2, -0.15) is 0 Å². The van der Waals surface area contributed by atoms with E-state index in [2.05, 4.69) is 39.4 Å². The minimum absolute atomic E-state index is 0.270. The summed E-state index contributed by atoms with van der Waals surface area (Å²) in [4.78, 5) is 13.5. The first-order valence-electron chi connectivity index (χ1n) is 8.71. The summed E-state index contributed by atoms with van der Waals surface area (Å²) in [5.41, 5.74) is 1.82. The Kier molecular flexibility index (Phi) is 5.63. The van der Waals surface area contributed by atoms with E-state index in [9.17, 15) is 0 Å². The molecule has 3 aromatic rings. The summed E-state index contributed by atoms with van der Waals surface area (Å²) in [6, 6.07) is 15.8. The van der Waals surface area contributed by atoms with Gasteiger partial charge < -0.3 is 15.4 Å². The number of hydrogen-bond donors (Lipinski definition) is 2. The van der Waals surface area contributed by atoms with Crippen LogP contribution in [-0.4, -0.2) is 27.6 Å². The van der Waals surface area contributed by atoms with Gasteiger partial charge in [-0.05, 0) is 26.8 Å².